The van der Waals surface area contributed by atoms with E-state index in [9.17, 15) is 0 Å². The molecule has 1 heteroatoms. The van der Waals surface area contributed by atoms with Gasteiger partial charge in [0.1, 0.15) is 0 Å². The average Bonchev–Trinajstić information content (AvgIpc) is 2.40. The van der Waals surface area contributed by atoms with Crippen LogP contribution in [0.2, 0.25) is 0 Å². The Morgan fingerprint density at radius 3 is 2.38 bits per heavy atom. The van der Waals surface area contributed by atoms with Gasteiger partial charge in [0, 0.05) is 13.1 Å². The zero-order valence-electron chi connectivity index (χ0n) is 8.60. The van der Waals surface area contributed by atoms with Crippen molar-refractivity contribution in [3.05, 3.63) is 0 Å². The van der Waals surface area contributed by atoms with Gasteiger partial charge in [0.2, 0.25) is 0 Å². The van der Waals surface area contributed by atoms with Crippen LogP contribution in [0.25, 0.3) is 0 Å². The smallest absolute Gasteiger partial charge is 0.00386 e. The number of likely N-dealkylation sites (tertiary alicyclic amines) is 1. The topological polar surface area (TPSA) is 3.24 Å². The van der Waals surface area contributed by atoms with Crippen LogP contribution in [0.4, 0.5) is 0 Å². The Morgan fingerprint density at radius 2 is 1.92 bits per heavy atom. The second kappa shape index (κ2) is 2.98. The molecule has 0 atom stereocenters. The van der Waals surface area contributed by atoms with Gasteiger partial charge in [-0.25, -0.2) is 0 Å². The molecule has 0 radical (unpaired) electrons. The van der Waals surface area contributed by atoms with Gasteiger partial charge in [-0.2, -0.15) is 0 Å². The lowest BCUT2D eigenvalue weighted by molar-refractivity contribution is 0.124. The minimum Gasteiger partial charge on any atom is -0.302 e. The van der Waals surface area contributed by atoms with E-state index in [0.717, 1.165) is 11.3 Å². The number of rotatable bonds is 2. The van der Waals surface area contributed by atoms with Crippen molar-refractivity contribution in [2.45, 2.75) is 44.9 Å². The predicted molar refractivity (Wildman–Crippen MR) is 54.7 cm³/mol. The Balaban J connectivity index is 1.50. The molecule has 74 valence electrons. The van der Waals surface area contributed by atoms with Gasteiger partial charge in [0.25, 0.3) is 0 Å². The van der Waals surface area contributed by atoms with Gasteiger partial charge in [0.05, 0.1) is 0 Å². The van der Waals surface area contributed by atoms with Gasteiger partial charge in [0.15, 0.2) is 0 Å². The minimum atomic E-state index is 0.823. The third kappa shape index (κ3) is 1.41. The van der Waals surface area contributed by atoms with E-state index in [0.29, 0.717) is 0 Å². The summed E-state index contributed by atoms with van der Waals surface area (Å²) >= 11 is 0. The molecule has 1 saturated heterocycles. The fourth-order valence-corrected chi connectivity index (χ4v) is 3.31. The van der Waals surface area contributed by atoms with E-state index in [4.69, 9.17) is 0 Å². The molecule has 0 amide bonds. The molecule has 1 nitrogen and oxygen atoms in total. The lowest BCUT2D eigenvalue weighted by Crippen LogP contribution is -2.36. The highest BCUT2D eigenvalue weighted by atomic mass is 15.2. The Kier molecular flexibility index (Phi) is 1.90. The van der Waals surface area contributed by atoms with E-state index in [1.54, 1.807) is 0 Å². The molecular weight excluding hydrogens is 158 g/mol. The van der Waals surface area contributed by atoms with Crippen molar-refractivity contribution in [2.75, 3.05) is 19.6 Å². The molecule has 13 heavy (non-hydrogen) atoms. The highest BCUT2D eigenvalue weighted by molar-refractivity contribution is 4.96. The summed E-state index contributed by atoms with van der Waals surface area (Å²) in [6.45, 7) is 4.29. The van der Waals surface area contributed by atoms with Crippen LogP contribution in [0.15, 0.2) is 0 Å². The van der Waals surface area contributed by atoms with Crippen LogP contribution in [0.1, 0.15) is 44.9 Å². The molecule has 3 rings (SSSR count). The zero-order chi connectivity index (χ0) is 8.73. The van der Waals surface area contributed by atoms with Crippen molar-refractivity contribution in [1.29, 1.82) is 0 Å². The first-order valence-electron chi connectivity index (χ1n) is 6.09. The first kappa shape index (κ1) is 8.28. The van der Waals surface area contributed by atoms with Crippen LogP contribution < -0.4 is 0 Å². The number of hydrogen-bond donors (Lipinski definition) is 0. The standard InChI is InChI=1S/C12H21N/c1-3-11(4-1)9-13-8-7-12(10-13)5-2-6-12/h11H,1-10H2. The summed E-state index contributed by atoms with van der Waals surface area (Å²) in [6, 6.07) is 0. The first-order valence-corrected chi connectivity index (χ1v) is 6.09. The molecule has 0 N–H and O–H groups in total. The third-order valence-electron chi connectivity index (χ3n) is 4.67. The zero-order valence-corrected chi connectivity index (χ0v) is 8.60. The van der Waals surface area contributed by atoms with E-state index in [1.807, 2.05) is 0 Å². The molecule has 0 aromatic rings. The van der Waals surface area contributed by atoms with E-state index in [-0.39, 0.29) is 0 Å². The van der Waals surface area contributed by atoms with Gasteiger partial charge in [-0.15, -0.1) is 0 Å². The predicted octanol–water partition coefficient (Wildman–Crippen LogP) is 2.66. The van der Waals surface area contributed by atoms with Crippen LogP contribution in [-0.4, -0.2) is 24.5 Å². The minimum absolute atomic E-state index is 0.823. The van der Waals surface area contributed by atoms with Gasteiger partial charge >= 0.3 is 0 Å². The van der Waals surface area contributed by atoms with E-state index in [1.165, 1.54) is 64.6 Å². The van der Waals surface area contributed by atoms with Gasteiger partial charge in [-0.05, 0) is 50.0 Å². The second-order valence-corrected chi connectivity index (χ2v) is 5.64. The highest BCUT2D eigenvalue weighted by Gasteiger charge is 2.42. The second-order valence-electron chi connectivity index (χ2n) is 5.64. The fourth-order valence-electron chi connectivity index (χ4n) is 3.31. The summed E-state index contributed by atoms with van der Waals surface area (Å²) in [5, 5.41) is 0. The van der Waals surface area contributed by atoms with Gasteiger partial charge < -0.3 is 4.90 Å². The Hall–Kier alpha value is -0.0400. The molecule has 2 aliphatic carbocycles. The summed E-state index contributed by atoms with van der Waals surface area (Å²) < 4.78 is 0. The summed E-state index contributed by atoms with van der Waals surface area (Å²) in [6.07, 6.45) is 10.6. The largest absolute Gasteiger partial charge is 0.302 e. The summed E-state index contributed by atoms with van der Waals surface area (Å²) in [5.41, 5.74) is 0.823. The highest BCUT2D eigenvalue weighted by Crippen LogP contribution is 2.48. The lowest BCUT2D eigenvalue weighted by Gasteiger charge is -2.39. The fraction of sp³-hybridized carbons (Fsp3) is 1.00. The van der Waals surface area contributed by atoms with Crippen LogP contribution in [0.5, 0.6) is 0 Å². The monoisotopic (exact) mass is 179 g/mol. The molecule has 0 bridgehead atoms. The van der Waals surface area contributed by atoms with Crippen molar-refractivity contribution in [2.24, 2.45) is 11.3 Å². The number of hydrogen-bond acceptors (Lipinski definition) is 1. The molecule has 1 spiro atoms. The van der Waals surface area contributed by atoms with Crippen LogP contribution in [-0.2, 0) is 0 Å². The summed E-state index contributed by atoms with van der Waals surface area (Å²) in [4.78, 5) is 2.75. The average molecular weight is 179 g/mol. The first-order chi connectivity index (χ1) is 6.36. The normalized spacial score (nSPS) is 33.2. The summed E-state index contributed by atoms with van der Waals surface area (Å²) in [5.74, 6) is 1.08. The molecule has 0 unspecified atom stereocenters. The van der Waals surface area contributed by atoms with Crippen molar-refractivity contribution >= 4 is 0 Å². The molecule has 3 fully saturated rings. The van der Waals surface area contributed by atoms with Gasteiger partial charge in [-0.1, -0.05) is 12.8 Å². The van der Waals surface area contributed by atoms with Crippen molar-refractivity contribution < 1.29 is 0 Å². The SMILES string of the molecule is C1CC(CN2CCC3(CCC3)C2)C1. The van der Waals surface area contributed by atoms with Crippen molar-refractivity contribution in [3.63, 3.8) is 0 Å². The van der Waals surface area contributed by atoms with E-state index in [2.05, 4.69) is 4.90 Å². The van der Waals surface area contributed by atoms with Crippen LogP contribution in [0.3, 0.4) is 0 Å². The summed E-state index contributed by atoms with van der Waals surface area (Å²) in [7, 11) is 0. The van der Waals surface area contributed by atoms with E-state index >= 15 is 0 Å². The number of nitrogens with zero attached hydrogens (tertiary/aromatic N) is 1. The maximum absolute atomic E-state index is 2.75. The molecule has 1 heterocycles. The third-order valence-corrected chi connectivity index (χ3v) is 4.67. The maximum atomic E-state index is 2.75. The molecule has 3 aliphatic rings. The Labute approximate surface area is 81.5 Å². The van der Waals surface area contributed by atoms with Crippen LogP contribution >= 0.6 is 0 Å². The van der Waals surface area contributed by atoms with E-state index < -0.39 is 0 Å². The van der Waals surface area contributed by atoms with Crippen molar-refractivity contribution in [3.8, 4) is 0 Å². The molecule has 0 aromatic heterocycles. The van der Waals surface area contributed by atoms with Gasteiger partial charge in [-0.3, -0.25) is 0 Å². The lowest BCUT2D eigenvalue weighted by atomic mass is 9.68. The van der Waals surface area contributed by atoms with Crippen LogP contribution in [0, 0.1) is 11.3 Å². The molecule has 2 saturated carbocycles. The Morgan fingerprint density at radius 1 is 1.08 bits per heavy atom. The molecule has 1 aliphatic heterocycles. The quantitative estimate of drug-likeness (QED) is 0.630. The Bertz CT molecular complexity index is 191. The molecular formula is C12H21N. The molecule has 0 aromatic carbocycles. The van der Waals surface area contributed by atoms with Crippen molar-refractivity contribution in [1.82, 2.24) is 4.90 Å². The maximum Gasteiger partial charge on any atom is 0.00386 e.